The van der Waals surface area contributed by atoms with E-state index < -0.39 is 15.8 Å². The van der Waals surface area contributed by atoms with Gasteiger partial charge in [0.15, 0.2) is 5.75 Å². The Labute approximate surface area is 138 Å². The third-order valence-electron chi connectivity index (χ3n) is 3.76. The molecule has 2 heterocycles. The number of rotatable bonds is 4. The number of hydrogen-bond acceptors (Lipinski definition) is 7. The van der Waals surface area contributed by atoms with E-state index in [0.29, 0.717) is 13.0 Å². The van der Waals surface area contributed by atoms with E-state index in [-0.39, 0.29) is 41.0 Å². The van der Waals surface area contributed by atoms with Crippen LogP contribution >= 0.6 is 0 Å². The normalized spacial score (nSPS) is 17.8. The van der Waals surface area contributed by atoms with Crippen molar-refractivity contribution in [3.05, 3.63) is 23.8 Å². The third kappa shape index (κ3) is 3.20. The lowest BCUT2D eigenvalue weighted by Crippen LogP contribution is -2.37. The van der Waals surface area contributed by atoms with Crippen LogP contribution in [0.25, 0.3) is 11.4 Å². The molecule has 1 aromatic heterocycles. The summed E-state index contributed by atoms with van der Waals surface area (Å²) in [7, 11) is -1.91. The van der Waals surface area contributed by atoms with Crippen LogP contribution in [-0.2, 0) is 16.6 Å². The average Bonchev–Trinajstić information content (AvgIpc) is 2.97. The van der Waals surface area contributed by atoms with Gasteiger partial charge in [0.2, 0.25) is 21.7 Å². The number of sulfonamides is 1. The number of benzene rings is 1. The van der Waals surface area contributed by atoms with Gasteiger partial charge in [-0.15, -0.1) is 0 Å². The lowest BCUT2D eigenvalue weighted by atomic mass is 10.1. The zero-order chi connectivity index (χ0) is 17.3. The molecule has 3 rings (SSSR count). The Hall–Kier alpha value is -2.20. The zero-order valence-electron chi connectivity index (χ0n) is 13.0. The first-order chi connectivity index (χ1) is 11.4. The second-order valence-corrected chi connectivity index (χ2v) is 7.53. The molecule has 1 fully saturated rings. The molecule has 1 saturated heterocycles. The van der Waals surface area contributed by atoms with E-state index in [1.165, 1.54) is 17.5 Å². The predicted molar refractivity (Wildman–Crippen MR) is 84.1 cm³/mol. The van der Waals surface area contributed by atoms with Crippen LogP contribution in [0, 0.1) is 5.82 Å². The van der Waals surface area contributed by atoms with Crippen LogP contribution < -0.4 is 10.5 Å². The number of nitrogen functional groups attached to an aromatic ring is 1. The van der Waals surface area contributed by atoms with Gasteiger partial charge in [-0.1, -0.05) is 5.16 Å². The molecule has 0 atom stereocenters. The quantitative estimate of drug-likeness (QED) is 0.824. The summed E-state index contributed by atoms with van der Waals surface area (Å²) in [6.45, 7) is 0.402. The predicted octanol–water partition coefficient (Wildman–Crippen LogP) is 1.39. The van der Waals surface area contributed by atoms with Crippen molar-refractivity contribution in [1.29, 1.82) is 0 Å². The largest absolute Gasteiger partial charge is 0.494 e. The van der Waals surface area contributed by atoms with Crippen LogP contribution in [0.1, 0.15) is 18.7 Å². The highest BCUT2D eigenvalue weighted by Crippen LogP contribution is 2.34. The minimum absolute atomic E-state index is 0.0115. The van der Waals surface area contributed by atoms with Crippen LogP contribution in [0.15, 0.2) is 16.7 Å². The average molecular weight is 356 g/mol. The van der Waals surface area contributed by atoms with Crippen molar-refractivity contribution in [1.82, 2.24) is 14.4 Å². The van der Waals surface area contributed by atoms with Crippen LogP contribution in [0.2, 0.25) is 0 Å². The van der Waals surface area contributed by atoms with Gasteiger partial charge in [-0.3, -0.25) is 0 Å². The first kappa shape index (κ1) is 16.7. The van der Waals surface area contributed by atoms with E-state index in [1.807, 2.05) is 0 Å². The summed E-state index contributed by atoms with van der Waals surface area (Å²) in [6.07, 6.45) is 1.43. The van der Waals surface area contributed by atoms with Crippen LogP contribution in [0.4, 0.5) is 10.1 Å². The summed E-state index contributed by atoms with van der Waals surface area (Å²) in [5.74, 6) is -0.00664. The van der Waals surface area contributed by atoms with Crippen molar-refractivity contribution < 1.29 is 22.1 Å². The first-order valence-electron chi connectivity index (χ1n) is 7.34. The van der Waals surface area contributed by atoms with Gasteiger partial charge in [0.1, 0.15) is 5.82 Å². The third-order valence-corrected chi connectivity index (χ3v) is 5.66. The molecule has 24 heavy (non-hydrogen) atoms. The van der Waals surface area contributed by atoms with Gasteiger partial charge in [-0.05, 0) is 18.9 Å². The number of nitrogens with two attached hydrogens (primary N) is 1. The molecule has 10 heteroatoms. The highest BCUT2D eigenvalue weighted by molar-refractivity contribution is 7.89. The van der Waals surface area contributed by atoms with Gasteiger partial charge in [0.25, 0.3) is 0 Å². The van der Waals surface area contributed by atoms with Gasteiger partial charge < -0.3 is 15.0 Å². The SMILES string of the molecule is COc1c(N)cc(F)cc1-c1noc(CN2CCCCS2(=O)=O)n1. The molecule has 130 valence electrons. The van der Waals surface area contributed by atoms with Crippen molar-refractivity contribution in [3.63, 3.8) is 0 Å². The standard InChI is InChI=1S/C14H17FN4O4S/c1-22-13-10(6-9(15)7-11(13)16)14-17-12(23-18-14)8-19-4-2-3-5-24(19,20)21/h6-7H,2-5,8,16H2,1H3. The summed E-state index contributed by atoms with van der Waals surface area (Å²) in [4.78, 5) is 4.14. The fourth-order valence-electron chi connectivity index (χ4n) is 2.61. The molecule has 0 radical (unpaired) electrons. The maximum Gasteiger partial charge on any atom is 0.242 e. The molecule has 2 aromatic rings. The minimum Gasteiger partial charge on any atom is -0.494 e. The molecule has 1 aromatic carbocycles. The van der Waals surface area contributed by atoms with Crippen molar-refractivity contribution in [2.45, 2.75) is 19.4 Å². The van der Waals surface area contributed by atoms with E-state index in [4.69, 9.17) is 15.0 Å². The fraction of sp³-hybridized carbons (Fsp3) is 0.429. The minimum atomic E-state index is -3.30. The number of methoxy groups -OCH3 is 1. The van der Waals surface area contributed by atoms with Crippen molar-refractivity contribution in [3.8, 4) is 17.1 Å². The Balaban J connectivity index is 1.89. The van der Waals surface area contributed by atoms with Gasteiger partial charge in [0, 0.05) is 12.6 Å². The van der Waals surface area contributed by atoms with E-state index in [0.717, 1.165) is 12.5 Å². The summed E-state index contributed by atoms with van der Waals surface area (Å²) < 4.78 is 49.2. The molecular formula is C14H17FN4O4S. The zero-order valence-corrected chi connectivity index (χ0v) is 13.8. The smallest absolute Gasteiger partial charge is 0.242 e. The molecule has 0 saturated carbocycles. The monoisotopic (exact) mass is 356 g/mol. The molecule has 1 aliphatic heterocycles. The number of aromatic nitrogens is 2. The lowest BCUT2D eigenvalue weighted by molar-refractivity contribution is 0.305. The van der Waals surface area contributed by atoms with Crippen molar-refractivity contribution in [2.24, 2.45) is 0 Å². The van der Waals surface area contributed by atoms with Gasteiger partial charge in [-0.25, -0.2) is 12.8 Å². The van der Waals surface area contributed by atoms with Gasteiger partial charge >= 0.3 is 0 Å². The molecule has 2 N–H and O–H groups in total. The van der Waals surface area contributed by atoms with Crippen LogP contribution in [-0.4, -0.2) is 42.3 Å². The number of halogens is 1. The molecule has 0 unspecified atom stereocenters. The summed E-state index contributed by atoms with van der Waals surface area (Å²) >= 11 is 0. The second kappa shape index (κ2) is 6.36. The highest BCUT2D eigenvalue weighted by Gasteiger charge is 2.28. The van der Waals surface area contributed by atoms with Crippen LogP contribution in [0.3, 0.4) is 0 Å². The highest BCUT2D eigenvalue weighted by atomic mass is 32.2. The maximum absolute atomic E-state index is 13.6. The van der Waals surface area contributed by atoms with Crippen LogP contribution in [0.5, 0.6) is 5.75 Å². The summed E-state index contributed by atoms with van der Waals surface area (Å²) in [6, 6.07) is 2.31. The molecular weight excluding hydrogens is 339 g/mol. The Morgan fingerprint density at radius 3 is 2.92 bits per heavy atom. The van der Waals surface area contributed by atoms with E-state index in [2.05, 4.69) is 10.1 Å². The summed E-state index contributed by atoms with van der Waals surface area (Å²) in [5, 5.41) is 3.78. The van der Waals surface area contributed by atoms with Gasteiger partial charge in [0.05, 0.1) is 30.7 Å². The Kier molecular flexibility index (Phi) is 4.41. The van der Waals surface area contributed by atoms with Gasteiger partial charge in [-0.2, -0.15) is 9.29 Å². The number of nitrogens with zero attached hydrogens (tertiary/aromatic N) is 3. The van der Waals surface area contributed by atoms with Crippen molar-refractivity contribution >= 4 is 15.7 Å². The number of anilines is 1. The number of ether oxygens (including phenoxy) is 1. The lowest BCUT2D eigenvalue weighted by Gasteiger charge is -2.24. The Bertz CT molecular complexity index is 852. The maximum atomic E-state index is 13.6. The molecule has 0 spiro atoms. The van der Waals surface area contributed by atoms with E-state index in [1.54, 1.807) is 0 Å². The van der Waals surface area contributed by atoms with E-state index in [9.17, 15) is 12.8 Å². The number of hydrogen-bond donors (Lipinski definition) is 1. The molecule has 8 nitrogen and oxygen atoms in total. The topological polar surface area (TPSA) is 112 Å². The Morgan fingerprint density at radius 2 is 2.21 bits per heavy atom. The molecule has 0 aliphatic carbocycles. The van der Waals surface area contributed by atoms with E-state index >= 15 is 0 Å². The molecule has 0 amide bonds. The molecule has 1 aliphatic rings. The Morgan fingerprint density at radius 1 is 1.42 bits per heavy atom. The first-order valence-corrected chi connectivity index (χ1v) is 8.95. The molecule has 0 bridgehead atoms. The second-order valence-electron chi connectivity index (χ2n) is 5.44. The fourth-order valence-corrected chi connectivity index (χ4v) is 4.15. The van der Waals surface area contributed by atoms with Crippen molar-refractivity contribution in [2.75, 3.05) is 25.1 Å². The summed E-state index contributed by atoms with van der Waals surface area (Å²) in [5.41, 5.74) is 6.07.